The highest BCUT2D eigenvalue weighted by atomic mass is 19.1. The number of aryl methyl sites for hydroxylation is 1. The normalized spacial score (nSPS) is 10.5. The summed E-state index contributed by atoms with van der Waals surface area (Å²) in [6.07, 6.45) is 0. The number of benzene rings is 1. The molecule has 0 bridgehead atoms. The molecule has 0 spiro atoms. The summed E-state index contributed by atoms with van der Waals surface area (Å²) in [6.45, 7) is 2.07. The number of hydrogen-bond acceptors (Lipinski definition) is 3. The predicted octanol–water partition coefficient (Wildman–Crippen LogP) is 2.70. The first kappa shape index (κ1) is 13.1. The Hall–Kier alpha value is -2.30. The van der Waals surface area contributed by atoms with Crippen LogP contribution in [0.4, 0.5) is 4.39 Å². The molecule has 19 heavy (non-hydrogen) atoms. The number of nitrogens with zero attached hydrogens (tertiary/aromatic N) is 1. The number of hydrogen-bond donors (Lipinski definition) is 1. The number of rotatable bonds is 3. The highest BCUT2D eigenvalue weighted by molar-refractivity contribution is 5.94. The summed E-state index contributed by atoms with van der Waals surface area (Å²) in [4.78, 5) is 13.4. The second-order valence-corrected chi connectivity index (χ2v) is 4.34. The van der Waals surface area contributed by atoms with Crippen molar-refractivity contribution in [2.45, 2.75) is 13.5 Å². The summed E-state index contributed by atoms with van der Waals surface area (Å²) in [5.41, 5.74) is -0.0800. The van der Waals surface area contributed by atoms with Crippen molar-refractivity contribution in [3.05, 3.63) is 53.2 Å². The molecule has 4 nitrogen and oxygen atoms in total. The zero-order valence-corrected chi connectivity index (χ0v) is 10.7. The fourth-order valence-corrected chi connectivity index (χ4v) is 1.76. The number of furan rings is 1. The minimum Gasteiger partial charge on any atom is -0.508 e. The van der Waals surface area contributed by atoms with Gasteiger partial charge in [0.1, 0.15) is 23.1 Å². The van der Waals surface area contributed by atoms with Gasteiger partial charge in [0.2, 0.25) is 0 Å². The van der Waals surface area contributed by atoms with Gasteiger partial charge in [-0.1, -0.05) is 0 Å². The number of carbonyl (C=O) groups is 1. The Morgan fingerprint density at radius 3 is 2.68 bits per heavy atom. The molecule has 100 valence electrons. The molecule has 2 rings (SSSR count). The number of phenolic OH excluding ortho intramolecular Hbond substituents is 1. The van der Waals surface area contributed by atoms with E-state index >= 15 is 0 Å². The molecule has 2 aromatic rings. The van der Waals surface area contributed by atoms with Crippen molar-refractivity contribution in [1.29, 1.82) is 0 Å². The maximum absolute atomic E-state index is 13.6. The lowest BCUT2D eigenvalue weighted by atomic mass is 10.2. The number of phenols is 1. The van der Waals surface area contributed by atoms with Crippen molar-refractivity contribution in [2.75, 3.05) is 7.05 Å². The molecular weight excluding hydrogens is 249 g/mol. The van der Waals surface area contributed by atoms with Gasteiger partial charge in [-0.25, -0.2) is 4.39 Å². The van der Waals surface area contributed by atoms with E-state index in [0.29, 0.717) is 5.76 Å². The first-order valence-corrected chi connectivity index (χ1v) is 5.76. The van der Waals surface area contributed by atoms with Gasteiger partial charge in [0.25, 0.3) is 5.91 Å². The fourth-order valence-electron chi connectivity index (χ4n) is 1.76. The van der Waals surface area contributed by atoms with E-state index in [1.807, 2.05) is 6.92 Å². The minimum atomic E-state index is -0.743. The SMILES string of the molecule is Cc1ccc(CN(C)C(=O)c2ccc(O)cc2F)o1. The Labute approximate surface area is 110 Å². The smallest absolute Gasteiger partial charge is 0.256 e. The van der Waals surface area contributed by atoms with Gasteiger partial charge in [0.15, 0.2) is 0 Å². The third-order valence-electron chi connectivity index (χ3n) is 2.72. The Balaban J connectivity index is 2.14. The molecule has 1 heterocycles. The van der Waals surface area contributed by atoms with E-state index in [1.165, 1.54) is 17.0 Å². The molecule has 5 heteroatoms. The zero-order valence-electron chi connectivity index (χ0n) is 10.7. The van der Waals surface area contributed by atoms with Crippen LogP contribution in [-0.2, 0) is 6.54 Å². The van der Waals surface area contributed by atoms with Crippen molar-refractivity contribution >= 4 is 5.91 Å². The summed E-state index contributed by atoms with van der Waals surface area (Å²) in [5, 5.41) is 9.12. The van der Waals surface area contributed by atoms with Crippen LogP contribution in [-0.4, -0.2) is 23.0 Å². The molecule has 0 aliphatic rings. The van der Waals surface area contributed by atoms with Crippen molar-refractivity contribution in [3.63, 3.8) is 0 Å². The first-order valence-electron chi connectivity index (χ1n) is 5.76. The van der Waals surface area contributed by atoms with E-state index in [9.17, 15) is 9.18 Å². The molecule has 0 unspecified atom stereocenters. The third-order valence-corrected chi connectivity index (χ3v) is 2.72. The molecule has 0 aliphatic carbocycles. The molecular formula is C14H14FNO3. The Kier molecular flexibility index (Phi) is 3.55. The number of amides is 1. The largest absolute Gasteiger partial charge is 0.508 e. The maximum Gasteiger partial charge on any atom is 0.256 e. The maximum atomic E-state index is 13.6. The Bertz CT molecular complexity index is 606. The van der Waals surface area contributed by atoms with Crippen LogP contribution < -0.4 is 0 Å². The topological polar surface area (TPSA) is 53.7 Å². The standard InChI is InChI=1S/C14H14FNO3/c1-9-3-5-11(19-9)8-16(2)14(18)12-6-4-10(17)7-13(12)15/h3-7,17H,8H2,1-2H3. The van der Waals surface area contributed by atoms with Crippen LogP contribution in [0.5, 0.6) is 5.75 Å². The van der Waals surface area contributed by atoms with Gasteiger partial charge in [-0.15, -0.1) is 0 Å². The van der Waals surface area contributed by atoms with E-state index in [-0.39, 0.29) is 17.9 Å². The lowest BCUT2D eigenvalue weighted by Crippen LogP contribution is -2.26. The lowest BCUT2D eigenvalue weighted by Gasteiger charge is -2.16. The molecule has 0 aliphatic heterocycles. The first-order chi connectivity index (χ1) is 8.97. The summed E-state index contributed by atoms with van der Waals surface area (Å²) in [6, 6.07) is 7.03. The second kappa shape index (κ2) is 5.14. The highest BCUT2D eigenvalue weighted by Gasteiger charge is 2.17. The summed E-state index contributed by atoms with van der Waals surface area (Å²) in [7, 11) is 1.56. The van der Waals surface area contributed by atoms with Gasteiger partial charge in [-0.3, -0.25) is 4.79 Å². The van der Waals surface area contributed by atoms with E-state index in [1.54, 1.807) is 19.2 Å². The van der Waals surface area contributed by atoms with Crippen LogP contribution in [0.15, 0.2) is 34.7 Å². The highest BCUT2D eigenvalue weighted by Crippen LogP contribution is 2.17. The van der Waals surface area contributed by atoms with Crippen LogP contribution in [0.1, 0.15) is 21.9 Å². The zero-order chi connectivity index (χ0) is 14.0. The number of aromatic hydroxyl groups is 1. The molecule has 0 fully saturated rings. The van der Waals surface area contributed by atoms with E-state index in [0.717, 1.165) is 11.8 Å². The van der Waals surface area contributed by atoms with Crippen LogP contribution in [0.3, 0.4) is 0 Å². The van der Waals surface area contributed by atoms with Crippen LogP contribution in [0, 0.1) is 12.7 Å². The molecule has 1 aromatic heterocycles. The second-order valence-electron chi connectivity index (χ2n) is 4.34. The van der Waals surface area contributed by atoms with Gasteiger partial charge >= 0.3 is 0 Å². The van der Waals surface area contributed by atoms with Crippen LogP contribution in [0.25, 0.3) is 0 Å². The lowest BCUT2D eigenvalue weighted by molar-refractivity contribution is 0.0770. The molecule has 0 saturated heterocycles. The number of carbonyl (C=O) groups excluding carboxylic acids is 1. The van der Waals surface area contributed by atoms with Crippen LogP contribution in [0.2, 0.25) is 0 Å². The molecule has 1 N–H and O–H groups in total. The van der Waals surface area contributed by atoms with Crippen LogP contribution >= 0.6 is 0 Å². The van der Waals surface area contributed by atoms with Gasteiger partial charge in [-0.2, -0.15) is 0 Å². The minimum absolute atomic E-state index is 0.0800. The average Bonchev–Trinajstić information content (AvgIpc) is 2.74. The van der Waals surface area contributed by atoms with Gasteiger partial charge in [0.05, 0.1) is 12.1 Å². The summed E-state index contributed by atoms with van der Waals surface area (Å²) >= 11 is 0. The van der Waals surface area contributed by atoms with Crippen molar-refractivity contribution in [1.82, 2.24) is 4.90 Å². The van der Waals surface area contributed by atoms with Gasteiger partial charge in [0, 0.05) is 13.1 Å². The molecule has 0 saturated carbocycles. The Morgan fingerprint density at radius 1 is 1.37 bits per heavy atom. The molecule has 1 aromatic carbocycles. The Morgan fingerprint density at radius 2 is 2.11 bits per heavy atom. The van der Waals surface area contributed by atoms with Gasteiger partial charge < -0.3 is 14.4 Å². The van der Waals surface area contributed by atoms with E-state index in [4.69, 9.17) is 9.52 Å². The number of halogens is 1. The van der Waals surface area contributed by atoms with Crippen molar-refractivity contribution < 1.29 is 18.7 Å². The monoisotopic (exact) mass is 263 g/mol. The van der Waals surface area contributed by atoms with E-state index in [2.05, 4.69) is 0 Å². The van der Waals surface area contributed by atoms with E-state index < -0.39 is 11.7 Å². The third kappa shape index (κ3) is 2.93. The molecule has 1 amide bonds. The summed E-state index contributed by atoms with van der Waals surface area (Å²) < 4.78 is 18.9. The quantitative estimate of drug-likeness (QED) is 0.926. The predicted molar refractivity (Wildman–Crippen MR) is 67.3 cm³/mol. The average molecular weight is 263 g/mol. The fraction of sp³-hybridized carbons (Fsp3) is 0.214. The van der Waals surface area contributed by atoms with Crippen molar-refractivity contribution in [2.24, 2.45) is 0 Å². The van der Waals surface area contributed by atoms with Crippen molar-refractivity contribution in [3.8, 4) is 5.75 Å². The van der Waals surface area contributed by atoms with Gasteiger partial charge in [-0.05, 0) is 31.2 Å². The molecule has 0 atom stereocenters. The molecule has 0 radical (unpaired) electrons. The summed E-state index contributed by atoms with van der Waals surface area (Å²) in [5.74, 6) is -0.0309.